The highest BCUT2D eigenvalue weighted by Crippen LogP contribution is 2.15. The van der Waals surface area contributed by atoms with Crippen molar-refractivity contribution in [2.24, 2.45) is 0 Å². The normalized spacial score (nSPS) is 10.9. The minimum absolute atomic E-state index is 0.334. The Morgan fingerprint density at radius 3 is 3.08 bits per heavy atom. The highest BCUT2D eigenvalue weighted by Gasteiger charge is 1.98. The summed E-state index contributed by atoms with van der Waals surface area (Å²) in [5.41, 5.74) is 0.624. The predicted molar refractivity (Wildman–Crippen MR) is 48.5 cm³/mol. The molecule has 0 unspecified atom stereocenters. The quantitative estimate of drug-likeness (QED) is 0.645. The largest absolute Gasteiger partial charge is 0.241 e. The molecule has 0 saturated heterocycles. The molecule has 3 heteroatoms. The first-order valence-corrected chi connectivity index (χ1v) is 4.09. The Labute approximate surface area is 75.9 Å². The van der Waals surface area contributed by atoms with Crippen LogP contribution >= 0.6 is 11.6 Å². The number of pyridine rings is 1. The maximum atomic E-state index is 12.6. The van der Waals surface area contributed by atoms with Gasteiger partial charge in [0.1, 0.15) is 11.0 Å². The average Bonchev–Trinajstić information content (AvgIpc) is 2.07. The lowest BCUT2D eigenvalue weighted by Gasteiger charge is -1.95. The highest BCUT2D eigenvalue weighted by molar-refractivity contribution is 6.30. The van der Waals surface area contributed by atoms with Gasteiger partial charge in [0, 0.05) is 5.56 Å². The summed E-state index contributed by atoms with van der Waals surface area (Å²) < 4.78 is 12.6. The zero-order valence-corrected chi connectivity index (χ0v) is 7.48. The molecule has 0 fully saturated rings. The van der Waals surface area contributed by atoms with Crippen LogP contribution in [0.1, 0.15) is 18.9 Å². The van der Waals surface area contributed by atoms with Crippen LogP contribution < -0.4 is 0 Å². The van der Waals surface area contributed by atoms with Crippen LogP contribution in [0, 0.1) is 5.82 Å². The van der Waals surface area contributed by atoms with E-state index in [1.165, 1.54) is 6.07 Å². The van der Waals surface area contributed by atoms with Crippen LogP contribution in [0.5, 0.6) is 0 Å². The first kappa shape index (κ1) is 9.20. The molecule has 0 atom stereocenters. The van der Waals surface area contributed by atoms with Crippen molar-refractivity contribution in [1.82, 2.24) is 4.98 Å². The number of hydrogen-bond donors (Lipinski definition) is 0. The second kappa shape index (κ2) is 4.21. The lowest BCUT2D eigenvalue weighted by molar-refractivity contribution is 0.621. The molecule has 0 spiro atoms. The maximum Gasteiger partial charge on any atom is 0.142 e. The molecule has 1 nitrogen and oxygen atoms in total. The van der Waals surface area contributed by atoms with E-state index in [-0.39, 0.29) is 5.82 Å². The molecule has 0 aliphatic carbocycles. The third kappa shape index (κ3) is 2.31. The molecule has 12 heavy (non-hydrogen) atoms. The molecule has 0 aromatic carbocycles. The van der Waals surface area contributed by atoms with Crippen molar-refractivity contribution in [2.75, 3.05) is 0 Å². The maximum absolute atomic E-state index is 12.6. The number of halogens is 2. The Morgan fingerprint density at radius 2 is 2.42 bits per heavy atom. The molecule has 0 amide bonds. The van der Waals surface area contributed by atoms with Crippen LogP contribution in [-0.2, 0) is 0 Å². The minimum Gasteiger partial charge on any atom is -0.241 e. The van der Waals surface area contributed by atoms with Crippen molar-refractivity contribution in [3.63, 3.8) is 0 Å². The third-order valence-corrected chi connectivity index (χ3v) is 1.68. The van der Waals surface area contributed by atoms with Gasteiger partial charge in [-0.2, -0.15) is 0 Å². The van der Waals surface area contributed by atoms with E-state index in [9.17, 15) is 4.39 Å². The number of allylic oxidation sites excluding steroid dienone is 1. The second-order valence-electron chi connectivity index (χ2n) is 2.34. The Balaban J connectivity index is 2.97. The molecule has 0 aliphatic rings. The molecule has 0 saturated carbocycles. The van der Waals surface area contributed by atoms with Gasteiger partial charge in [0.25, 0.3) is 0 Å². The predicted octanol–water partition coefficient (Wildman–Crippen LogP) is 3.30. The molecule has 1 heterocycles. The summed E-state index contributed by atoms with van der Waals surface area (Å²) in [5, 5.41) is 0.334. The first-order valence-electron chi connectivity index (χ1n) is 3.71. The SMILES string of the molecule is CCC=Cc1cc(F)cnc1Cl. The van der Waals surface area contributed by atoms with Crippen LogP contribution in [0.4, 0.5) is 4.39 Å². The van der Waals surface area contributed by atoms with Crippen LogP contribution in [0.2, 0.25) is 5.15 Å². The average molecular weight is 186 g/mol. The first-order chi connectivity index (χ1) is 5.74. The fourth-order valence-electron chi connectivity index (χ4n) is 0.800. The highest BCUT2D eigenvalue weighted by atomic mass is 35.5. The van der Waals surface area contributed by atoms with Crippen LogP contribution in [0.15, 0.2) is 18.3 Å². The number of rotatable bonds is 2. The van der Waals surface area contributed by atoms with Crippen molar-refractivity contribution in [3.8, 4) is 0 Å². The zero-order chi connectivity index (χ0) is 8.97. The lowest BCUT2D eigenvalue weighted by Crippen LogP contribution is -1.83. The fourth-order valence-corrected chi connectivity index (χ4v) is 0.966. The Bertz CT molecular complexity index is 297. The van der Waals surface area contributed by atoms with Gasteiger partial charge in [-0.25, -0.2) is 9.37 Å². The zero-order valence-electron chi connectivity index (χ0n) is 6.72. The van der Waals surface area contributed by atoms with Gasteiger partial charge in [-0.1, -0.05) is 30.7 Å². The van der Waals surface area contributed by atoms with Crippen molar-refractivity contribution >= 4 is 17.7 Å². The van der Waals surface area contributed by atoms with Crippen molar-refractivity contribution < 1.29 is 4.39 Å². The molecular formula is C9H9ClFN. The standard InChI is InChI=1S/C9H9ClFN/c1-2-3-4-7-5-8(11)6-12-9(7)10/h3-6H,2H2,1H3. The molecule has 0 radical (unpaired) electrons. The third-order valence-electron chi connectivity index (χ3n) is 1.37. The van der Waals surface area contributed by atoms with Gasteiger partial charge >= 0.3 is 0 Å². The van der Waals surface area contributed by atoms with Gasteiger partial charge in [0.05, 0.1) is 6.20 Å². The summed E-state index contributed by atoms with van der Waals surface area (Å²) in [4.78, 5) is 3.67. The lowest BCUT2D eigenvalue weighted by atomic mass is 10.2. The topological polar surface area (TPSA) is 12.9 Å². The molecule has 0 bridgehead atoms. The molecule has 0 N–H and O–H groups in total. The molecule has 1 rings (SSSR count). The van der Waals surface area contributed by atoms with E-state index in [0.29, 0.717) is 10.7 Å². The van der Waals surface area contributed by atoms with Gasteiger partial charge in [-0.3, -0.25) is 0 Å². The molecule has 1 aromatic heterocycles. The van der Waals surface area contributed by atoms with Crippen LogP contribution in [-0.4, -0.2) is 4.98 Å². The van der Waals surface area contributed by atoms with Crippen molar-refractivity contribution in [1.29, 1.82) is 0 Å². The monoisotopic (exact) mass is 185 g/mol. The van der Waals surface area contributed by atoms with E-state index in [4.69, 9.17) is 11.6 Å². The van der Waals surface area contributed by atoms with E-state index in [2.05, 4.69) is 4.98 Å². The van der Waals surface area contributed by atoms with Gasteiger partial charge in [-0.05, 0) is 12.5 Å². The summed E-state index contributed by atoms with van der Waals surface area (Å²) in [6.07, 6.45) is 5.67. The number of aromatic nitrogens is 1. The summed E-state index contributed by atoms with van der Waals surface area (Å²) in [5.74, 6) is -0.366. The summed E-state index contributed by atoms with van der Waals surface area (Å²) in [6.45, 7) is 2.00. The van der Waals surface area contributed by atoms with Gasteiger partial charge in [0.2, 0.25) is 0 Å². The van der Waals surface area contributed by atoms with E-state index in [0.717, 1.165) is 12.6 Å². The van der Waals surface area contributed by atoms with Crippen molar-refractivity contribution in [2.45, 2.75) is 13.3 Å². The number of nitrogens with zero attached hydrogens (tertiary/aromatic N) is 1. The van der Waals surface area contributed by atoms with E-state index in [1.807, 2.05) is 13.0 Å². The van der Waals surface area contributed by atoms with Gasteiger partial charge in [-0.15, -0.1) is 0 Å². The van der Waals surface area contributed by atoms with Gasteiger partial charge < -0.3 is 0 Å². The minimum atomic E-state index is -0.366. The molecule has 64 valence electrons. The van der Waals surface area contributed by atoms with Crippen LogP contribution in [0.3, 0.4) is 0 Å². The molecule has 0 aliphatic heterocycles. The second-order valence-corrected chi connectivity index (χ2v) is 2.70. The van der Waals surface area contributed by atoms with E-state index in [1.54, 1.807) is 6.08 Å². The van der Waals surface area contributed by atoms with Crippen LogP contribution in [0.25, 0.3) is 6.08 Å². The Hall–Kier alpha value is -0.890. The summed E-state index contributed by atoms with van der Waals surface area (Å²) in [6, 6.07) is 1.36. The molecule has 1 aromatic rings. The Kier molecular flexibility index (Phi) is 3.23. The van der Waals surface area contributed by atoms with Gasteiger partial charge in [0.15, 0.2) is 0 Å². The van der Waals surface area contributed by atoms with E-state index >= 15 is 0 Å². The van der Waals surface area contributed by atoms with E-state index < -0.39 is 0 Å². The Morgan fingerprint density at radius 1 is 1.67 bits per heavy atom. The number of hydrogen-bond acceptors (Lipinski definition) is 1. The summed E-state index contributed by atoms with van der Waals surface area (Å²) in [7, 11) is 0. The fraction of sp³-hybridized carbons (Fsp3) is 0.222. The smallest absolute Gasteiger partial charge is 0.142 e. The van der Waals surface area contributed by atoms with Crippen molar-refractivity contribution in [3.05, 3.63) is 34.9 Å². The molecular weight excluding hydrogens is 177 g/mol. The summed E-state index contributed by atoms with van der Waals surface area (Å²) >= 11 is 5.70.